The number of hydrogen-bond acceptors (Lipinski definition) is 21. The minimum atomic E-state index is -4.89. The smallest absolute Gasteiger partial charge is 0.744 e. The summed E-state index contributed by atoms with van der Waals surface area (Å²) in [6, 6.07) is 39.3. The van der Waals surface area contributed by atoms with Crippen LogP contribution >= 0.6 is 92.8 Å². The Morgan fingerprint density at radius 1 is 0.333 bits per heavy atom. The van der Waals surface area contributed by atoms with Crippen molar-refractivity contribution in [3.8, 4) is 0 Å². The topological polar surface area (TPSA) is 367 Å². The maximum Gasteiger partial charge on any atom is 1.00 e. The molecule has 0 atom stereocenters. The van der Waals surface area contributed by atoms with Gasteiger partial charge in [-0.1, -0.05) is 77.9 Å². The Kier molecular flexibility index (Phi) is 64.7. The van der Waals surface area contributed by atoms with E-state index in [1.165, 1.54) is 71.8 Å². The minimum absolute atomic E-state index is 0. The van der Waals surface area contributed by atoms with Gasteiger partial charge < -0.3 is 18.2 Å². The number of halogens is 8. The monoisotopic (exact) mass is 1840 g/mol. The van der Waals surface area contributed by atoms with E-state index in [0.29, 0.717) is 90.5 Å². The molecule has 0 aromatic heterocycles. The molecule has 0 bridgehead atoms. The van der Waals surface area contributed by atoms with Crippen molar-refractivity contribution in [1.82, 2.24) is 0 Å². The van der Waals surface area contributed by atoms with Gasteiger partial charge in [0.2, 0.25) is 0 Å². The molecular formula is C64H69Cl8K3Na2O21S7. The van der Waals surface area contributed by atoms with E-state index in [1.54, 1.807) is 55.5 Å². The second-order valence-electron chi connectivity index (χ2n) is 20.7. The first-order chi connectivity index (χ1) is 46.8. The molecule has 7 aromatic carbocycles. The van der Waals surface area contributed by atoms with Gasteiger partial charge >= 0.3 is 224 Å². The molecule has 0 fully saturated rings. The maximum atomic E-state index is 12.3. The Hall–Kier alpha value is 2.85. The molecule has 0 saturated heterocycles. The third kappa shape index (κ3) is 47.1. The molecule has 0 radical (unpaired) electrons. The van der Waals surface area contributed by atoms with Gasteiger partial charge in [-0.3, -0.25) is 8.37 Å². The van der Waals surface area contributed by atoms with Crippen LogP contribution in [-0.4, -0.2) is 142 Å². The molecule has 0 saturated carbocycles. The molecule has 0 aliphatic rings. The molecule has 0 spiro atoms. The number of aryl methyl sites for hydroxylation is 10. The van der Waals surface area contributed by atoms with Crippen molar-refractivity contribution in [1.29, 1.82) is 0 Å². The zero-order valence-corrected chi connectivity index (χ0v) is 83.5. The van der Waals surface area contributed by atoms with Crippen LogP contribution in [0.25, 0.3) is 0 Å². The zero-order valence-electron chi connectivity index (χ0n) is 58.4. The average molecular weight is 1850 g/mol. The van der Waals surface area contributed by atoms with Crippen molar-refractivity contribution < 1.29 is 303 Å². The molecule has 0 amide bonds. The first-order valence-corrected chi connectivity index (χ1v) is 43.0. The van der Waals surface area contributed by atoms with Gasteiger partial charge in [-0.15, -0.1) is 105 Å². The summed E-state index contributed by atoms with van der Waals surface area (Å²) < 4.78 is 219. The van der Waals surface area contributed by atoms with E-state index < -0.39 is 76.2 Å². The van der Waals surface area contributed by atoms with Crippen LogP contribution in [0, 0.1) is 19.9 Å². The van der Waals surface area contributed by atoms with E-state index in [0.717, 1.165) is 52.3 Å². The van der Waals surface area contributed by atoms with Crippen molar-refractivity contribution >= 4 is 164 Å². The fraction of sp³-hybridized carbons (Fsp3) is 0.344. The van der Waals surface area contributed by atoms with Crippen molar-refractivity contribution in [2.75, 3.05) is 60.3 Å². The van der Waals surface area contributed by atoms with Gasteiger partial charge in [0.1, 0.15) is 40.5 Å². The maximum absolute atomic E-state index is 12.3. The van der Waals surface area contributed by atoms with Crippen molar-refractivity contribution in [2.24, 2.45) is 0 Å². The summed E-state index contributed by atoms with van der Waals surface area (Å²) in [6.07, 6.45) is 4.68. The van der Waals surface area contributed by atoms with E-state index in [1.807, 2.05) is 31.2 Å². The second kappa shape index (κ2) is 59.5. The first kappa shape index (κ1) is 114. The fourth-order valence-corrected chi connectivity index (χ4v) is 14.9. The predicted octanol–water partition coefficient (Wildman–Crippen LogP) is -3.37. The van der Waals surface area contributed by atoms with E-state index in [2.05, 4.69) is 6.07 Å². The van der Waals surface area contributed by atoms with Gasteiger partial charge in [0.15, 0.2) is 0 Å². The summed E-state index contributed by atoms with van der Waals surface area (Å²) in [5, 5.41) is 0. The van der Waals surface area contributed by atoms with Crippen LogP contribution in [0.15, 0.2) is 169 Å². The fourth-order valence-electron chi connectivity index (χ4n) is 8.59. The normalized spacial score (nSPS) is 11.0. The third-order valence-corrected chi connectivity index (χ3v) is 21.0. The van der Waals surface area contributed by atoms with E-state index >= 15 is 0 Å². The van der Waals surface area contributed by atoms with Gasteiger partial charge in [-0.2, -0.15) is 52.2 Å². The molecule has 7 rings (SSSR count). The van der Waals surface area contributed by atoms with Crippen LogP contribution in [0.4, 0.5) is 0 Å². The Bertz CT molecular complexity index is 4460. The average Bonchev–Trinajstić information content (AvgIpc) is 0.840. The van der Waals surface area contributed by atoms with Gasteiger partial charge in [0.05, 0.1) is 42.6 Å². The second-order valence-corrected chi connectivity index (χ2v) is 32.8. The molecule has 41 heteroatoms. The molecule has 554 valence electrons. The molecule has 0 aliphatic carbocycles. The van der Waals surface area contributed by atoms with Crippen LogP contribution in [0.1, 0.15) is 66.8 Å². The molecule has 0 aliphatic heterocycles. The summed E-state index contributed by atoms with van der Waals surface area (Å²) in [6.45, 7) is 2.97. The van der Waals surface area contributed by atoms with Crippen molar-refractivity contribution in [3.05, 3.63) is 212 Å². The minimum Gasteiger partial charge on any atom is -0.744 e. The van der Waals surface area contributed by atoms with Crippen LogP contribution in [0.2, 0.25) is 0 Å². The van der Waals surface area contributed by atoms with Crippen LogP contribution in [0.3, 0.4) is 0 Å². The summed E-state index contributed by atoms with van der Waals surface area (Å²) >= 11 is 44.7. The number of alkyl halides is 8. The summed E-state index contributed by atoms with van der Waals surface area (Å²) in [5.41, 5.74) is 8.78. The SMILES string of the molecule is Cc1ccc(S(=O)(=O)OCCc2ccc(CCOS(=O)(=O)c3ccc(C)cc3)c(S(=O)(=O)[O-])c2)cc1.ClCCc1[c-]c(CCCl)ccc1.O=S(=O)([O-])c1cc(CCCl)cc(CCCl)c1.O=S(=O)([O-])c1ccc(CCCl)cc1CCCl.O=S(=O)([O-])c1ccc(CCCl)cc1CCCl.O=S(=O)=O.[K+].[K+].[K+].[Na+].[Na+]. The van der Waals surface area contributed by atoms with Gasteiger partial charge in [-0.25, -0.2) is 33.7 Å². The Labute approximate surface area is 831 Å². The Morgan fingerprint density at radius 3 is 0.971 bits per heavy atom. The Balaban J connectivity index is -0.000000631. The van der Waals surface area contributed by atoms with Crippen LogP contribution in [0.5, 0.6) is 0 Å². The van der Waals surface area contributed by atoms with Crippen molar-refractivity contribution in [3.63, 3.8) is 0 Å². The number of hydrogen-bond donors (Lipinski definition) is 0. The standard InChI is InChI=1S/C24H26O9S3.3C10H12Cl2O3S.C10H11Cl2.3K.2Na.O3S/c1-18-3-9-22(10-4-18)35(28,29)32-15-13-20-7-8-21(24(17-20)34(25,26)27)14-16-33-36(30,31)23-11-5-19(2)6-12-23;11-3-1-8-5-9(2-4-12)7-10(6-8)16(13,14)15;2*11-5-3-8-1-2-10(16(13,14)15)9(7-8)4-6-12;11-6-4-9-2-1-3-10(8-9)5-7-12;;;;;;1-4(2)3/h3-12,17H,13-16H2,1-2H3,(H,25,26,27);5-7H,1-4H2,(H,13,14,15);2*1-2,7H,3-6H2,(H,13,14,15);1-3H,4-7H2;;;;;;/q;;;;-1;5*+1;/p-4. The van der Waals surface area contributed by atoms with E-state index in [4.69, 9.17) is 114 Å². The summed E-state index contributed by atoms with van der Waals surface area (Å²) in [5.74, 6) is 3.50. The summed E-state index contributed by atoms with van der Waals surface area (Å²) in [7, 11) is -29.3. The predicted molar refractivity (Wildman–Crippen MR) is 384 cm³/mol. The van der Waals surface area contributed by atoms with Gasteiger partial charge in [0, 0.05) is 47.0 Å². The zero-order chi connectivity index (χ0) is 75.5. The molecule has 0 unspecified atom stereocenters. The van der Waals surface area contributed by atoms with Crippen molar-refractivity contribution in [2.45, 2.75) is 107 Å². The molecule has 105 heavy (non-hydrogen) atoms. The Morgan fingerprint density at radius 2 is 0.648 bits per heavy atom. The molecule has 0 N–H and O–H groups in total. The molecule has 7 aromatic rings. The van der Waals surface area contributed by atoms with Gasteiger partial charge in [0.25, 0.3) is 20.2 Å². The molecular weight excluding hydrogens is 1780 g/mol. The molecule has 0 heterocycles. The number of rotatable bonds is 30. The largest absolute Gasteiger partial charge is 1.00 e. The first-order valence-electron chi connectivity index (χ1n) is 29.3. The third-order valence-electron chi connectivity index (χ3n) is 13.3. The quantitative estimate of drug-likeness (QED) is 0.0139. The van der Waals surface area contributed by atoms with Crippen LogP contribution in [-0.2, 0) is 144 Å². The van der Waals surface area contributed by atoms with E-state index in [9.17, 15) is 68.7 Å². The summed E-state index contributed by atoms with van der Waals surface area (Å²) in [4.78, 5) is -1.17. The van der Waals surface area contributed by atoms with Crippen LogP contribution < -0.4 is 213 Å². The number of benzene rings is 7. The van der Waals surface area contributed by atoms with E-state index in [-0.39, 0.29) is 281 Å². The van der Waals surface area contributed by atoms with Gasteiger partial charge in [-0.05, 0) is 177 Å². The molecule has 21 nitrogen and oxygen atoms in total.